The number of anilines is 1. The predicted octanol–water partition coefficient (Wildman–Crippen LogP) is 2.64. The molecule has 1 fully saturated rings. The molecular formula is C19H21ClN2O5. The van der Waals surface area contributed by atoms with Gasteiger partial charge in [-0.05, 0) is 18.9 Å². The number of hydrogen-bond acceptors (Lipinski definition) is 5. The van der Waals surface area contributed by atoms with E-state index in [1.807, 2.05) is 12.2 Å². The molecule has 1 aliphatic carbocycles. The summed E-state index contributed by atoms with van der Waals surface area (Å²) >= 11 is 6.10. The van der Waals surface area contributed by atoms with E-state index in [9.17, 15) is 14.4 Å². The van der Waals surface area contributed by atoms with Crippen LogP contribution in [0.3, 0.4) is 0 Å². The molecule has 27 heavy (non-hydrogen) atoms. The number of likely N-dealkylation sites (tertiary alicyclic amines) is 1. The van der Waals surface area contributed by atoms with Gasteiger partial charge in [0.25, 0.3) is 0 Å². The topological polar surface area (TPSA) is 84.9 Å². The van der Waals surface area contributed by atoms with Gasteiger partial charge in [0.05, 0.1) is 36.8 Å². The summed E-state index contributed by atoms with van der Waals surface area (Å²) in [7, 11) is 2.95. The van der Waals surface area contributed by atoms with E-state index >= 15 is 0 Å². The number of hydrogen-bond donors (Lipinski definition) is 1. The normalized spacial score (nSPS) is 21.2. The van der Waals surface area contributed by atoms with Crippen molar-refractivity contribution < 1.29 is 23.9 Å². The van der Waals surface area contributed by atoms with Gasteiger partial charge in [-0.3, -0.25) is 19.3 Å². The maximum atomic E-state index is 12.4. The number of imide groups is 1. The largest absolute Gasteiger partial charge is 0.495 e. The van der Waals surface area contributed by atoms with Gasteiger partial charge in [0.15, 0.2) is 0 Å². The van der Waals surface area contributed by atoms with Crippen molar-refractivity contribution in [3.05, 3.63) is 29.3 Å². The average Bonchev–Trinajstić information content (AvgIpc) is 2.91. The number of allylic oxidation sites excluding steroid dienone is 2. The highest BCUT2D eigenvalue weighted by Crippen LogP contribution is 2.37. The fourth-order valence-electron chi connectivity index (χ4n) is 3.47. The van der Waals surface area contributed by atoms with E-state index in [1.165, 1.54) is 25.2 Å². The van der Waals surface area contributed by atoms with Crippen LogP contribution in [0.5, 0.6) is 11.5 Å². The Morgan fingerprint density at radius 1 is 1.11 bits per heavy atom. The number of ether oxygens (including phenoxy) is 2. The lowest BCUT2D eigenvalue weighted by Crippen LogP contribution is -2.34. The Hall–Kier alpha value is -2.54. The van der Waals surface area contributed by atoms with E-state index < -0.39 is 0 Å². The molecule has 1 saturated heterocycles. The van der Waals surface area contributed by atoms with Crippen molar-refractivity contribution in [2.45, 2.75) is 19.3 Å². The number of halogens is 1. The van der Waals surface area contributed by atoms with Gasteiger partial charge in [0, 0.05) is 19.0 Å². The summed E-state index contributed by atoms with van der Waals surface area (Å²) in [5.41, 5.74) is 0.394. The minimum atomic E-state index is -0.344. The second-order valence-corrected chi connectivity index (χ2v) is 6.88. The SMILES string of the molecule is COc1cc(OC)c(NC(=O)CCN2C(=O)[C@H]3CC=CC[C@H]3C2=O)cc1Cl. The summed E-state index contributed by atoms with van der Waals surface area (Å²) < 4.78 is 10.4. The smallest absolute Gasteiger partial charge is 0.233 e. The number of carbonyl (C=O) groups excluding carboxylic acids is 3. The van der Waals surface area contributed by atoms with Crippen LogP contribution >= 0.6 is 11.6 Å². The number of nitrogens with one attached hydrogen (secondary N) is 1. The fraction of sp³-hybridized carbons (Fsp3) is 0.421. The molecule has 0 saturated carbocycles. The minimum Gasteiger partial charge on any atom is -0.495 e. The maximum absolute atomic E-state index is 12.4. The summed E-state index contributed by atoms with van der Waals surface area (Å²) in [6.07, 6.45) is 5.03. The lowest BCUT2D eigenvalue weighted by molar-refractivity contribution is -0.140. The van der Waals surface area contributed by atoms with Gasteiger partial charge in [0.1, 0.15) is 11.5 Å². The third-order valence-corrected chi connectivity index (χ3v) is 5.20. The lowest BCUT2D eigenvalue weighted by atomic mass is 9.85. The molecule has 2 aliphatic rings. The molecular weight excluding hydrogens is 372 g/mol. The van der Waals surface area contributed by atoms with E-state index in [4.69, 9.17) is 21.1 Å². The minimum absolute atomic E-state index is 0.00283. The Morgan fingerprint density at radius 2 is 1.70 bits per heavy atom. The highest BCUT2D eigenvalue weighted by molar-refractivity contribution is 6.32. The second kappa shape index (κ2) is 8.00. The highest BCUT2D eigenvalue weighted by atomic mass is 35.5. The lowest BCUT2D eigenvalue weighted by Gasteiger charge is -2.16. The van der Waals surface area contributed by atoms with Gasteiger partial charge in [-0.15, -0.1) is 0 Å². The first-order valence-corrected chi connectivity index (χ1v) is 9.05. The number of amides is 3. The van der Waals surface area contributed by atoms with Gasteiger partial charge < -0.3 is 14.8 Å². The van der Waals surface area contributed by atoms with Crippen LogP contribution in [0.1, 0.15) is 19.3 Å². The first-order valence-electron chi connectivity index (χ1n) is 8.67. The van der Waals surface area contributed by atoms with Crippen LogP contribution in [0.25, 0.3) is 0 Å². The molecule has 7 nitrogen and oxygen atoms in total. The summed E-state index contributed by atoms with van der Waals surface area (Å²) in [5, 5.41) is 3.03. The van der Waals surface area contributed by atoms with Crippen LogP contribution in [-0.4, -0.2) is 43.4 Å². The number of methoxy groups -OCH3 is 2. The summed E-state index contributed by atoms with van der Waals surface area (Å²) in [5.74, 6) is -0.467. The zero-order chi connectivity index (χ0) is 19.6. The molecule has 1 N–H and O–H groups in total. The molecule has 3 rings (SSSR count). The summed E-state index contributed by atoms with van der Waals surface area (Å²) in [6.45, 7) is 0.0582. The summed E-state index contributed by atoms with van der Waals surface area (Å²) in [6, 6.07) is 3.10. The first kappa shape index (κ1) is 19.2. The van der Waals surface area contributed by atoms with Gasteiger partial charge in [-0.25, -0.2) is 0 Å². The zero-order valence-electron chi connectivity index (χ0n) is 15.2. The van der Waals surface area contributed by atoms with Crippen LogP contribution in [0.2, 0.25) is 5.02 Å². The third kappa shape index (κ3) is 3.78. The number of fused-ring (bicyclic) bond motifs is 1. The van der Waals surface area contributed by atoms with Crippen molar-refractivity contribution in [1.29, 1.82) is 0 Å². The van der Waals surface area contributed by atoms with E-state index in [1.54, 1.807) is 6.07 Å². The second-order valence-electron chi connectivity index (χ2n) is 6.47. The van der Waals surface area contributed by atoms with Gasteiger partial charge in [-0.1, -0.05) is 23.8 Å². The standard InChI is InChI=1S/C19H21ClN2O5/c1-26-15-10-16(27-2)14(9-13(15)20)21-17(23)7-8-22-18(24)11-5-3-4-6-12(11)19(22)25/h3-4,9-12H,5-8H2,1-2H3,(H,21,23)/t11-,12+. The Bertz CT molecular complexity index is 782. The number of benzene rings is 1. The highest BCUT2D eigenvalue weighted by Gasteiger charge is 2.46. The van der Waals surface area contributed by atoms with Crippen molar-refractivity contribution in [3.8, 4) is 11.5 Å². The molecule has 0 bridgehead atoms. The van der Waals surface area contributed by atoms with Crippen molar-refractivity contribution in [2.75, 3.05) is 26.1 Å². The summed E-state index contributed by atoms with van der Waals surface area (Å²) in [4.78, 5) is 38.4. The van der Waals surface area contributed by atoms with Crippen molar-refractivity contribution in [3.63, 3.8) is 0 Å². The fourth-order valence-corrected chi connectivity index (χ4v) is 3.71. The molecule has 1 aliphatic heterocycles. The Labute approximate surface area is 162 Å². The average molecular weight is 393 g/mol. The molecule has 1 aromatic rings. The monoisotopic (exact) mass is 392 g/mol. The van der Waals surface area contributed by atoms with Crippen molar-refractivity contribution >= 4 is 35.0 Å². The molecule has 1 aromatic carbocycles. The zero-order valence-corrected chi connectivity index (χ0v) is 15.9. The molecule has 2 atom stereocenters. The van der Waals surface area contributed by atoms with Gasteiger partial charge in [-0.2, -0.15) is 0 Å². The Morgan fingerprint density at radius 3 is 2.26 bits per heavy atom. The van der Waals surface area contributed by atoms with Crippen LogP contribution in [0.15, 0.2) is 24.3 Å². The molecule has 0 radical (unpaired) electrons. The molecule has 3 amide bonds. The van der Waals surface area contributed by atoms with E-state index in [0.29, 0.717) is 35.1 Å². The van der Waals surface area contributed by atoms with Crippen LogP contribution < -0.4 is 14.8 Å². The molecule has 1 heterocycles. The van der Waals surface area contributed by atoms with E-state index in [0.717, 1.165) is 0 Å². The van der Waals surface area contributed by atoms with Crippen LogP contribution in [0.4, 0.5) is 5.69 Å². The number of nitrogens with zero attached hydrogens (tertiary/aromatic N) is 1. The third-order valence-electron chi connectivity index (χ3n) is 4.91. The van der Waals surface area contributed by atoms with Crippen LogP contribution in [-0.2, 0) is 14.4 Å². The first-order chi connectivity index (χ1) is 13.0. The van der Waals surface area contributed by atoms with Crippen LogP contribution in [0, 0.1) is 11.8 Å². The molecule has 144 valence electrons. The maximum Gasteiger partial charge on any atom is 0.233 e. The quantitative estimate of drug-likeness (QED) is 0.594. The molecule has 0 unspecified atom stereocenters. The van der Waals surface area contributed by atoms with Gasteiger partial charge in [0.2, 0.25) is 17.7 Å². The van der Waals surface area contributed by atoms with Crippen molar-refractivity contribution in [2.24, 2.45) is 11.8 Å². The molecule has 8 heteroatoms. The number of rotatable bonds is 6. The van der Waals surface area contributed by atoms with Crippen molar-refractivity contribution in [1.82, 2.24) is 4.90 Å². The van der Waals surface area contributed by atoms with Gasteiger partial charge >= 0.3 is 0 Å². The predicted molar refractivity (Wildman–Crippen MR) is 99.9 cm³/mol. The van der Waals surface area contributed by atoms with E-state index in [-0.39, 0.29) is 42.5 Å². The van der Waals surface area contributed by atoms with E-state index in [2.05, 4.69) is 5.32 Å². The Kier molecular flexibility index (Phi) is 5.70. The Balaban J connectivity index is 1.63. The number of carbonyl (C=O) groups is 3. The molecule has 0 aromatic heterocycles. The molecule has 0 spiro atoms.